The first-order valence-electron chi connectivity index (χ1n) is 5.65. The summed E-state index contributed by atoms with van der Waals surface area (Å²) < 4.78 is 1.65. The number of imidazole rings is 1. The number of aromatic nitrogens is 3. The topological polar surface area (TPSA) is 73.3 Å². The fraction of sp³-hybridized carbons (Fsp3) is 0. The lowest BCUT2D eigenvalue weighted by Crippen LogP contribution is -2.12. The van der Waals surface area contributed by atoms with Crippen LogP contribution in [0.1, 0.15) is 10.5 Å². The van der Waals surface area contributed by atoms with Gasteiger partial charge in [-0.1, -0.05) is 23.2 Å². The van der Waals surface area contributed by atoms with Crippen molar-refractivity contribution < 1.29 is 4.79 Å². The molecule has 1 amide bonds. The molecule has 0 aliphatic carbocycles. The molecule has 0 aliphatic heterocycles. The van der Waals surface area contributed by atoms with E-state index in [0.29, 0.717) is 15.7 Å². The number of primary amides is 1. The molecule has 2 aromatic heterocycles. The van der Waals surface area contributed by atoms with Crippen LogP contribution in [0.3, 0.4) is 0 Å². The van der Waals surface area contributed by atoms with Crippen molar-refractivity contribution in [2.24, 2.45) is 5.73 Å². The van der Waals surface area contributed by atoms with Crippen molar-refractivity contribution in [2.45, 2.75) is 0 Å². The maximum absolute atomic E-state index is 11.3. The number of hydrogen-bond acceptors (Lipinski definition) is 3. The molecule has 2 heterocycles. The van der Waals surface area contributed by atoms with Crippen molar-refractivity contribution >= 4 is 34.8 Å². The van der Waals surface area contributed by atoms with Gasteiger partial charge in [0.05, 0.1) is 10.7 Å². The third-order valence-corrected chi connectivity index (χ3v) is 3.43. The van der Waals surface area contributed by atoms with Gasteiger partial charge in [0.2, 0.25) is 0 Å². The Hall–Kier alpha value is -2.11. The normalized spacial score (nSPS) is 10.9. The van der Waals surface area contributed by atoms with E-state index in [2.05, 4.69) is 9.97 Å². The van der Waals surface area contributed by atoms with E-state index >= 15 is 0 Å². The molecule has 0 spiro atoms. The minimum atomic E-state index is -0.630. The lowest BCUT2D eigenvalue weighted by Gasteiger charge is -2.07. The van der Waals surface area contributed by atoms with Gasteiger partial charge in [-0.2, -0.15) is 0 Å². The Balaban J connectivity index is 2.32. The van der Waals surface area contributed by atoms with Gasteiger partial charge >= 0.3 is 0 Å². The molecule has 7 heteroatoms. The number of carbonyl (C=O) groups is 1. The number of fused-ring (bicyclic) bond motifs is 1. The second kappa shape index (κ2) is 4.77. The highest BCUT2D eigenvalue weighted by Gasteiger charge is 2.15. The van der Waals surface area contributed by atoms with Gasteiger partial charge in [-0.15, -0.1) is 0 Å². The van der Waals surface area contributed by atoms with Crippen molar-refractivity contribution in [3.05, 3.63) is 52.5 Å². The van der Waals surface area contributed by atoms with Crippen LogP contribution in [0.4, 0.5) is 0 Å². The standard InChI is InChI=1S/C13H8Cl2N4O/c14-7-1-2-9(15)8(5-7)10-3-4-17-13-11(12(16)20)18-6-19(10)13/h1-6H,(H2,16,20). The van der Waals surface area contributed by atoms with Crippen molar-refractivity contribution in [3.8, 4) is 11.3 Å². The summed E-state index contributed by atoms with van der Waals surface area (Å²) in [5, 5.41) is 1.10. The first-order chi connectivity index (χ1) is 9.58. The molecule has 0 saturated heterocycles. The van der Waals surface area contributed by atoms with E-state index in [9.17, 15) is 4.79 Å². The zero-order valence-corrected chi connectivity index (χ0v) is 11.6. The SMILES string of the molecule is NC(=O)c1ncn2c(-c3cc(Cl)ccc3Cl)ccnc12. The number of halogens is 2. The Kier molecular flexibility index (Phi) is 3.08. The monoisotopic (exact) mass is 306 g/mol. The molecule has 0 saturated carbocycles. The number of nitrogens with two attached hydrogens (primary N) is 1. The fourth-order valence-electron chi connectivity index (χ4n) is 1.99. The van der Waals surface area contributed by atoms with E-state index in [0.717, 1.165) is 11.3 Å². The summed E-state index contributed by atoms with van der Waals surface area (Å²) in [6.45, 7) is 0. The minimum absolute atomic E-state index is 0.116. The minimum Gasteiger partial charge on any atom is -0.364 e. The number of hydrogen-bond donors (Lipinski definition) is 1. The third-order valence-electron chi connectivity index (χ3n) is 2.87. The van der Waals surface area contributed by atoms with Crippen LogP contribution < -0.4 is 5.73 Å². The highest BCUT2D eigenvalue weighted by Crippen LogP contribution is 2.30. The van der Waals surface area contributed by atoms with Crippen LogP contribution in [0.2, 0.25) is 10.0 Å². The maximum atomic E-state index is 11.3. The summed E-state index contributed by atoms with van der Waals surface area (Å²) in [5.74, 6) is -0.630. The highest BCUT2D eigenvalue weighted by molar-refractivity contribution is 6.35. The van der Waals surface area contributed by atoms with Gasteiger partial charge in [-0.25, -0.2) is 9.97 Å². The molecule has 3 rings (SSSR count). The van der Waals surface area contributed by atoms with Gasteiger partial charge in [-0.3, -0.25) is 9.20 Å². The van der Waals surface area contributed by atoms with Crippen LogP contribution in [0.5, 0.6) is 0 Å². The fourth-order valence-corrected chi connectivity index (χ4v) is 2.37. The van der Waals surface area contributed by atoms with Crippen molar-refractivity contribution in [1.29, 1.82) is 0 Å². The van der Waals surface area contributed by atoms with E-state index in [4.69, 9.17) is 28.9 Å². The number of benzene rings is 1. The summed E-state index contributed by atoms with van der Waals surface area (Å²) >= 11 is 12.2. The Bertz CT molecular complexity index is 828. The van der Waals surface area contributed by atoms with Crippen molar-refractivity contribution in [3.63, 3.8) is 0 Å². The van der Waals surface area contributed by atoms with Crippen LogP contribution >= 0.6 is 23.2 Å². The molecule has 0 atom stereocenters. The lowest BCUT2D eigenvalue weighted by molar-refractivity contribution is 0.0997. The average molecular weight is 307 g/mol. The summed E-state index contributed by atoms with van der Waals surface area (Å²) in [6.07, 6.45) is 3.05. The molecule has 5 nitrogen and oxygen atoms in total. The second-order valence-electron chi connectivity index (χ2n) is 4.11. The van der Waals surface area contributed by atoms with E-state index in [1.165, 1.54) is 6.33 Å². The van der Waals surface area contributed by atoms with Gasteiger partial charge in [0.25, 0.3) is 5.91 Å². The highest BCUT2D eigenvalue weighted by atomic mass is 35.5. The van der Waals surface area contributed by atoms with Crippen LogP contribution in [0, 0.1) is 0 Å². The van der Waals surface area contributed by atoms with Gasteiger partial charge in [-0.05, 0) is 24.3 Å². The largest absolute Gasteiger partial charge is 0.364 e. The molecule has 0 fully saturated rings. The molecular weight excluding hydrogens is 299 g/mol. The molecule has 2 N–H and O–H groups in total. The molecule has 0 aliphatic rings. The summed E-state index contributed by atoms with van der Waals surface area (Å²) in [6, 6.07) is 6.91. The van der Waals surface area contributed by atoms with Crippen LogP contribution in [-0.2, 0) is 0 Å². The van der Waals surface area contributed by atoms with Crippen LogP contribution in [0.25, 0.3) is 16.9 Å². The number of amides is 1. The third kappa shape index (κ3) is 2.01. The van der Waals surface area contributed by atoms with E-state index in [-0.39, 0.29) is 5.69 Å². The van der Waals surface area contributed by atoms with E-state index in [1.807, 2.05) is 0 Å². The first kappa shape index (κ1) is 12.9. The zero-order chi connectivity index (χ0) is 14.3. The zero-order valence-electron chi connectivity index (χ0n) is 10.0. The second-order valence-corrected chi connectivity index (χ2v) is 4.95. The van der Waals surface area contributed by atoms with Gasteiger partial charge in [0.15, 0.2) is 11.3 Å². The number of rotatable bonds is 2. The van der Waals surface area contributed by atoms with Gasteiger partial charge < -0.3 is 5.73 Å². The summed E-state index contributed by atoms with van der Waals surface area (Å²) in [5.41, 5.74) is 7.21. The first-order valence-corrected chi connectivity index (χ1v) is 6.41. The van der Waals surface area contributed by atoms with E-state index in [1.54, 1.807) is 34.9 Å². The van der Waals surface area contributed by atoms with Crippen molar-refractivity contribution in [2.75, 3.05) is 0 Å². The quantitative estimate of drug-likeness (QED) is 0.791. The molecule has 0 bridgehead atoms. The molecule has 0 unspecified atom stereocenters. The maximum Gasteiger partial charge on any atom is 0.271 e. The molecule has 0 radical (unpaired) electrons. The molecule has 20 heavy (non-hydrogen) atoms. The average Bonchev–Trinajstić information content (AvgIpc) is 2.85. The molecule has 3 aromatic rings. The Labute approximate surface area is 124 Å². The predicted octanol–water partition coefficient (Wildman–Crippen LogP) is 2.80. The Morgan fingerprint density at radius 1 is 1.20 bits per heavy atom. The number of carbonyl (C=O) groups excluding carboxylic acids is 1. The van der Waals surface area contributed by atoms with E-state index < -0.39 is 5.91 Å². The molecule has 100 valence electrons. The van der Waals surface area contributed by atoms with Gasteiger partial charge in [0, 0.05) is 16.8 Å². The lowest BCUT2D eigenvalue weighted by atomic mass is 10.1. The van der Waals surface area contributed by atoms with Crippen LogP contribution in [0.15, 0.2) is 36.8 Å². The number of nitrogens with zero attached hydrogens (tertiary/aromatic N) is 3. The Morgan fingerprint density at radius 3 is 2.75 bits per heavy atom. The van der Waals surface area contributed by atoms with Gasteiger partial charge in [0.1, 0.15) is 6.33 Å². The molecular formula is C13H8Cl2N4O. The summed E-state index contributed by atoms with van der Waals surface area (Å²) in [7, 11) is 0. The summed E-state index contributed by atoms with van der Waals surface area (Å²) in [4.78, 5) is 19.4. The predicted molar refractivity (Wildman–Crippen MR) is 77.0 cm³/mol. The van der Waals surface area contributed by atoms with Crippen LogP contribution in [-0.4, -0.2) is 20.3 Å². The Morgan fingerprint density at radius 2 is 2.00 bits per heavy atom. The smallest absolute Gasteiger partial charge is 0.271 e. The van der Waals surface area contributed by atoms with Crippen molar-refractivity contribution in [1.82, 2.24) is 14.4 Å². The molecule has 1 aromatic carbocycles.